The smallest absolute Gasteiger partial charge is 0.245 e. The number of rotatable bonds is 7. The Bertz CT molecular complexity index is 671. The summed E-state index contributed by atoms with van der Waals surface area (Å²) in [5, 5.41) is 4.01. The Balaban J connectivity index is 1.47. The highest BCUT2D eigenvalue weighted by Gasteiger charge is 2.31. The van der Waals surface area contributed by atoms with Crippen molar-refractivity contribution in [3.05, 3.63) is 41.7 Å². The summed E-state index contributed by atoms with van der Waals surface area (Å²) in [7, 11) is 0. The minimum atomic E-state index is -0.158. The molecule has 1 fully saturated rings. The highest BCUT2D eigenvalue weighted by molar-refractivity contribution is 7.09. The van der Waals surface area contributed by atoms with Crippen molar-refractivity contribution in [1.82, 2.24) is 14.3 Å². The summed E-state index contributed by atoms with van der Waals surface area (Å²) in [6, 6.07) is 10.3. The van der Waals surface area contributed by atoms with E-state index >= 15 is 0 Å². The first-order chi connectivity index (χ1) is 11.6. The quantitative estimate of drug-likeness (QED) is 0.837. The number of nitrogens with one attached hydrogen (secondary N) is 1. The van der Waals surface area contributed by atoms with Gasteiger partial charge in [-0.1, -0.05) is 44.2 Å². The summed E-state index contributed by atoms with van der Waals surface area (Å²) >= 11 is 1.34. The van der Waals surface area contributed by atoms with E-state index in [2.05, 4.69) is 52.8 Å². The first-order valence-electron chi connectivity index (χ1n) is 8.56. The lowest BCUT2D eigenvalue weighted by atomic mass is 10.1. The predicted molar refractivity (Wildman–Crippen MR) is 97.4 cm³/mol. The van der Waals surface area contributed by atoms with Crippen LogP contribution in [-0.2, 0) is 11.2 Å². The van der Waals surface area contributed by atoms with Crippen LogP contribution in [0, 0.1) is 0 Å². The van der Waals surface area contributed by atoms with Crippen LogP contribution in [0.25, 0.3) is 0 Å². The van der Waals surface area contributed by atoms with Crippen LogP contribution in [0.4, 0.5) is 5.13 Å². The van der Waals surface area contributed by atoms with Gasteiger partial charge in [0.1, 0.15) is 11.9 Å². The molecule has 1 aromatic heterocycles. The fourth-order valence-electron chi connectivity index (χ4n) is 2.89. The van der Waals surface area contributed by atoms with Gasteiger partial charge in [0.2, 0.25) is 11.0 Å². The minimum Gasteiger partial charge on any atom is -0.348 e. The molecule has 1 atom stereocenters. The van der Waals surface area contributed by atoms with Crippen LogP contribution in [0.2, 0.25) is 0 Å². The van der Waals surface area contributed by atoms with E-state index in [9.17, 15) is 4.79 Å². The van der Waals surface area contributed by atoms with Crippen molar-refractivity contribution >= 4 is 22.6 Å². The number of aryl methyl sites for hydroxylation is 1. The number of hydrogen-bond donors (Lipinski definition) is 1. The molecule has 1 aliphatic rings. The Kier molecular flexibility index (Phi) is 5.45. The summed E-state index contributed by atoms with van der Waals surface area (Å²) in [6.45, 7) is 5.78. The normalized spacial score (nSPS) is 17.7. The highest BCUT2D eigenvalue weighted by Crippen LogP contribution is 2.21. The second kappa shape index (κ2) is 7.75. The molecular weight excluding hydrogens is 320 g/mol. The largest absolute Gasteiger partial charge is 0.348 e. The summed E-state index contributed by atoms with van der Waals surface area (Å²) in [4.78, 5) is 18.9. The van der Waals surface area contributed by atoms with E-state index in [-0.39, 0.29) is 11.9 Å². The van der Waals surface area contributed by atoms with E-state index < -0.39 is 0 Å². The van der Waals surface area contributed by atoms with E-state index in [0.29, 0.717) is 5.92 Å². The lowest BCUT2D eigenvalue weighted by Crippen LogP contribution is -2.34. The van der Waals surface area contributed by atoms with Crippen LogP contribution in [-0.4, -0.2) is 39.3 Å². The van der Waals surface area contributed by atoms with Crippen molar-refractivity contribution in [3.8, 4) is 0 Å². The number of nitrogens with zero attached hydrogens (tertiary/aromatic N) is 3. The third-order valence-electron chi connectivity index (χ3n) is 4.29. The standard InChI is InChI=1S/C18H24N4OS/c1-13(2)16-20-18(24-21-16)19-15-10-12-22(17(15)23)11-6-9-14-7-4-3-5-8-14/h3-5,7-8,13,15H,6,9-12H2,1-2H3,(H,19,20,21). The fourth-order valence-corrected chi connectivity index (χ4v) is 3.65. The first-order valence-corrected chi connectivity index (χ1v) is 9.33. The molecule has 1 saturated heterocycles. The number of anilines is 1. The zero-order chi connectivity index (χ0) is 16.9. The fraction of sp³-hybridized carbons (Fsp3) is 0.500. The van der Waals surface area contributed by atoms with Gasteiger partial charge in [-0.25, -0.2) is 4.98 Å². The molecule has 0 saturated carbocycles. The molecule has 0 bridgehead atoms. The van der Waals surface area contributed by atoms with Crippen LogP contribution in [0.1, 0.15) is 44.0 Å². The molecule has 6 heteroatoms. The monoisotopic (exact) mass is 344 g/mol. The van der Waals surface area contributed by atoms with Gasteiger partial charge in [0.25, 0.3) is 0 Å². The van der Waals surface area contributed by atoms with Crippen molar-refractivity contribution in [2.45, 2.75) is 45.1 Å². The summed E-state index contributed by atoms with van der Waals surface area (Å²) < 4.78 is 4.33. The lowest BCUT2D eigenvalue weighted by Gasteiger charge is -2.16. The molecule has 1 amide bonds. The Morgan fingerprint density at radius 3 is 2.83 bits per heavy atom. The van der Waals surface area contributed by atoms with Crippen molar-refractivity contribution in [2.75, 3.05) is 18.4 Å². The van der Waals surface area contributed by atoms with Gasteiger partial charge >= 0.3 is 0 Å². The molecular formula is C18H24N4OS. The lowest BCUT2D eigenvalue weighted by molar-refractivity contribution is -0.128. The number of carbonyl (C=O) groups is 1. The van der Waals surface area contributed by atoms with Gasteiger partial charge in [0.15, 0.2) is 0 Å². The van der Waals surface area contributed by atoms with Crippen LogP contribution in [0.3, 0.4) is 0 Å². The zero-order valence-electron chi connectivity index (χ0n) is 14.2. The van der Waals surface area contributed by atoms with Crippen molar-refractivity contribution in [1.29, 1.82) is 0 Å². The van der Waals surface area contributed by atoms with Gasteiger partial charge < -0.3 is 10.2 Å². The van der Waals surface area contributed by atoms with Gasteiger partial charge in [-0.05, 0) is 24.8 Å². The van der Waals surface area contributed by atoms with Crippen LogP contribution in [0.15, 0.2) is 30.3 Å². The molecule has 1 unspecified atom stereocenters. The van der Waals surface area contributed by atoms with Crippen molar-refractivity contribution < 1.29 is 4.79 Å². The molecule has 5 nitrogen and oxygen atoms in total. The van der Waals surface area contributed by atoms with E-state index in [1.807, 2.05) is 11.0 Å². The summed E-state index contributed by atoms with van der Waals surface area (Å²) in [5.41, 5.74) is 1.33. The molecule has 128 valence electrons. The molecule has 0 spiro atoms. The second-order valence-electron chi connectivity index (χ2n) is 6.51. The third kappa shape index (κ3) is 4.12. The predicted octanol–water partition coefficient (Wildman–Crippen LogP) is 3.31. The molecule has 24 heavy (non-hydrogen) atoms. The van der Waals surface area contributed by atoms with Crippen molar-refractivity contribution in [3.63, 3.8) is 0 Å². The summed E-state index contributed by atoms with van der Waals surface area (Å²) in [6.07, 6.45) is 2.84. The Hall–Kier alpha value is -1.95. The zero-order valence-corrected chi connectivity index (χ0v) is 15.1. The molecule has 1 aromatic carbocycles. The van der Waals surface area contributed by atoms with E-state index in [1.165, 1.54) is 17.1 Å². The molecule has 3 rings (SSSR count). The maximum Gasteiger partial charge on any atom is 0.245 e. The number of amides is 1. The Labute approximate surface area is 147 Å². The van der Waals surface area contributed by atoms with Crippen LogP contribution < -0.4 is 5.32 Å². The topological polar surface area (TPSA) is 58.1 Å². The van der Waals surface area contributed by atoms with Crippen LogP contribution >= 0.6 is 11.5 Å². The van der Waals surface area contributed by atoms with Crippen LogP contribution in [0.5, 0.6) is 0 Å². The SMILES string of the molecule is CC(C)c1nsc(NC2CCN(CCCc3ccccc3)C2=O)n1. The number of benzene rings is 1. The van der Waals surface area contributed by atoms with E-state index in [4.69, 9.17) is 0 Å². The maximum absolute atomic E-state index is 12.5. The Morgan fingerprint density at radius 1 is 1.33 bits per heavy atom. The first kappa shape index (κ1) is 16.9. The van der Waals surface area contributed by atoms with E-state index in [1.54, 1.807) is 0 Å². The number of aromatic nitrogens is 2. The number of carbonyl (C=O) groups excluding carboxylic acids is 1. The minimum absolute atomic E-state index is 0.158. The van der Waals surface area contributed by atoms with Gasteiger partial charge in [0, 0.05) is 30.5 Å². The van der Waals surface area contributed by atoms with Gasteiger partial charge in [-0.3, -0.25) is 4.79 Å². The molecule has 2 heterocycles. The highest BCUT2D eigenvalue weighted by atomic mass is 32.1. The average molecular weight is 344 g/mol. The average Bonchev–Trinajstić information content (AvgIpc) is 3.18. The number of likely N-dealkylation sites (tertiary alicyclic amines) is 1. The van der Waals surface area contributed by atoms with Gasteiger partial charge in [-0.2, -0.15) is 4.37 Å². The maximum atomic E-state index is 12.5. The number of hydrogen-bond acceptors (Lipinski definition) is 5. The van der Waals surface area contributed by atoms with Gasteiger partial charge in [-0.15, -0.1) is 0 Å². The third-order valence-corrected chi connectivity index (χ3v) is 4.95. The van der Waals surface area contributed by atoms with Crippen molar-refractivity contribution in [2.24, 2.45) is 0 Å². The second-order valence-corrected chi connectivity index (χ2v) is 7.26. The molecule has 1 N–H and O–H groups in total. The van der Waals surface area contributed by atoms with Gasteiger partial charge in [0.05, 0.1) is 0 Å². The molecule has 2 aromatic rings. The molecule has 1 aliphatic heterocycles. The Morgan fingerprint density at radius 2 is 2.12 bits per heavy atom. The molecule has 0 radical (unpaired) electrons. The van der Waals surface area contributed by atoms with E-state index in [0.717, 1.165) is 43.3 Å². The summed E-state index contributed by atoms with van der Waals surface area (Å²) in [5.74, 6) is 1.34. The molecule has 0 aliphatic carbocycles.